The third-order valence-electron chi connectivity index (χ3n) is 1.72. The molecule has 0 aliphatic carbocycles. The lowest BCUT2D eigenvalue weighted by Crippen LogP contribution is -2.28. The zero-order valence-electron chi connectivity index (χ0n) is 10.8. The molecule has 0 radical (unpaired) electrons. The molecule has 0 atom stereocenters. The third-order valence-corrected chi connectivity index (χ3v) is 1.72. The van der Waals surface area contributed by atoms with Gasteiger partial charge in [0.15, 0.2) is 5.96 Å². The molecule has 0 saturated carbocycles. The van der Waals surface area contributed by atoms with Gasteiger partial charge in [0.05, 0.1) is 0 Å². The Hall–Kier alpha value is -2.11. The Morgan fingerprint density at radius 1 is 1.50 bits per heavy atom. The highest BCUT2D eigenvalue weighted by atomic mass is 16.6. The molecule has 3 N–H and O–H groups in total. The summed E-state index contributed by atoms with van der Waals surface area (Å²) in [6.45, 7) is 5.27. The molecule has 1 heterocycles. The molecule has 0 aromatic carbocycles. The van der Waals surface area contributed by atoms with Crippen molar-refractivity contribution in [3.05, 3.63) is 24.4 Å². The second-order valence-electron chi connectivity index (χ2n) is 4.63. The summed E-state index contributed by atoms with van der Waals surface area (Å²) in [6.07, 6.45) is 1.63. The molecule has 0 amide bonds. The van der Waals surface area contributed by atoms with Gasteiger partial charge < -0.3 is 15.8 Å². The Bertz CT molecular complexity index is 423. The van der Waals surface area contributed by atoms with E-state index < -0.39 is 11.6 Å². The number of nitrogens with one attached hydrogen (secondary N) is 1. The van der Waals surface area contributed by atoms with Crippen molar-refractivity contribution in [2.45, 2.75) is 26.4 Å². The highest BCUT2D eigenvalue weighted by Gasteiger charge is 2.15. The molecule has 0 aliphatic heterocycles. The SMILES string of the molecule is CC(C)(C)OC(=O)CN=C(N)Nc1ccccn1. The van der Waals surface area contributed by atoms with Crippen molar-refractivity contribution in [2.75, 3.05) is 11.9 Å². The van der Waals surface area contributed by atoms with Gasteiger partial charge in [0.2, 0.25) is 0 Å². The highest BCUT2D eigenvalue weighted by Crippen LogP contribution is 2.06. The van der Waals surface area contributed by atoms with Gasteiger partial charge in [-0.05, 0) is 32.9 Å². The van der Waals surface area contributed by atoms with Gasteiger partial charge in [0.1, 0.15) is 18.0 Å². The molecule has 0 aliphatic rings. The number of esters is 1. The van der Waals surface area contributed by atoms with Crippen molar-refractivity contribution >= 4 is 17.7 Å². The molecule has 98 valence electrons. The minimum atomic E-state index is -0.518. The summed E-state index contributed by atoms with van der Waals surface area (Å²) in [5.74, 6) is 0.274. The van der Waals surface area contributed by atoms with Crippen molar-refractivity contribution in [3.8, 4) is 0 Å². The first-order chi connectivity index (χ1) is 8.37. The minimum Gasteiger partial charge on any atom is -0.459 e. The van der Waals surface area contributed by atoms with Crippen LogP contribution in [0.5, 0.6) is 0 Å². The van der Waals surface area contributed by atoms with Crippen LogP contribution < -0.4 is 11.1 Å². The van der Waals surface area contributed by atoms with E-state index in [1.165, 1.54) is 0 Å². The van der Waals surface area contributed by atoms with E-state index >= 15 is 0 Å². The molecule has 0 unspecified atom stereocenters. The monoisotopic (exact) mass is 250 g/mol. The van der Waals surface area contributed by atoms with Gasteiger partial charge in [-0.2, -0.15) is 0 Å². The van der Waals surface area contributed by atoms with Crippen molar-refractivity contribution in [2.24, 2.45) is 10.7 Å². The number of aliphatic imine (C=N–C) groups is 1. The van der Waals surface area contributed by atoms with Crippen LogP contribution in [0.15, 0.2) is 29.4 Å². The van der Waals surface area contributed by atoms with Crippen LogP contribution in [-0.4, -0.2) is 29.1 Å². The van der Waals surface area contributed by atoms with Crippen molar-refractivity contribution in [1.29, 1.82) is 0 Å². The lowest BCUT2D eigenvalue weighted by Gasteiger charge is -2.18. The number of nitrogens with two attached hydrogens (primary N) is 1. The number of hydrogen-bond donors (Lipinski definition) is 2. The number of carbonyl (C=O) groups excluding carboxylic acids is 1. The molecule has 0 spiro atoms. The topological polar surface area (TPSA) is 89.6 Å². The Kier molecular flexibility index (Phi) is 4.65. The van der Waals surface area contributed by atoms with Gasteiger partial charge in [-0.3, -0.25) is 4.79 Å². The molecular formula is C12H18N4O2. The summed E-state index contributed by atoms with van der Waals surface area (Å²) in [4.78, 5) is 19.3. The van der Waals surface area contributed by atoms with Crippen LogP contribution in [0.25, 0.3) is 0 Å². The van der Waals surface area contributed by atoms with Crippen LogP contribution >= 0.6 is 0 Å². The minimum absolute atomic E-state index is 0.122. The lowest BCUT2D eigenvalue weighted by atomic mass is 10.2. The van der Waals surface area contributed by atoms with Crippen LogP contribution in [0.4, 0.5) is 5.82 Å². The molecule has 6 nitrogen and oxygen atoms in total. The maximum Gasteiger partial charge on any atom is 0.328 e. The van der Waals surface area contributed by atoms with Crippen LogP contribution in [-0.2, 0) is 9.53 Å². The lowest BCUT2D eigenvalue weighted by molar-refractivity contribution is -0.152. The number of ether oxygens (including phenoxy) is 1. The van der Waals surface area contributed by atoms with Gasteiger partial charge in [-0.25, -0.2) is 9.98 Å². The Labute approximate surface area is 106 Å². The van der Waals surface area contributed by atoms with Crippen molar-refractivity contribution < 1.29 is 9.53 Å². The van der Waals surface area contributed by atoms with E-state index in [9.17, 15) is 4.79 Å². The number of guanidine groups is 1. The van der Waals surface area contributed by atoms with Gasteiger partial charge >= 0.3 is 5.97 Å². The Balaban J connectivity index is 2.45. The third kappa shape index (κ3) is 5.83. The first kappa shape index (κ1) is 14.0. The van der Waals surface area contributed by atoms with E-state index in [1.54, 1.807) is 39.1 Å². The maximum atomic E-state index is 11.4. The quantitative estimate of drug-likeness (QED) is 0.477. The number of hydrogen-bond acceptors (Lipinski definition) is 4. The van der Waals surface area contributed by atoms with E-state index in [1.807, 2.05) is 6.07 Å². The predicted octanol–water partition coefficient (Wildman–Crippen LogP) is 1.15. The normalized spacial score (nSPS) is 12.1. The van der Waals surface area contributed by atoms with E-state index in [0.29, 0.717) is 5.82 Å². The Morgan fingerprint density at radius 2 is 2.22 bits per heavy atom. The highest BCUT2D eigenvalue weighted by molar-refractivity contribution is 5.92. The van der Waals surface area contributed by atoms with Crippen LogP contribution in [0.3, 0.4) is 0 Å². The number of pyridine rings is 1. The van der Waals surface area contributed by atoms with Crippen LogP contribution in [0.2, 0.25) is 0 Å². The molecule has 0 fully saturated rings. The van der Waals surface area contributed by atoms with Crippen molar-refractivity contribution in [1.82, 2.24) is 4.98 Å². The summed E-state index contributed by atoms with van der Waals surface area (Å²) in [6, 6.07) is 5.35. The fourth-order valence-corrected chi connectivity index (χ4v) is 1.13. The Morgan fingerprint density at radius 3 is 2.78 bits per heavy atom. The maximum absolute atomic E-state index is 11.4. The average Bonchev–Trinajstić information content (AvgIpc) is 2.25. The van der Waals surface area contributed by atoms with Gasteiger partial charge in [0.25, 0.3) is 0 Å². The van der Waals surface area contributed by atoms with Gasteiger partial charge in [0, 0.05) is 6.20 Å². The standard InChI is InChI=1S/C12H18N4O2/c1-12(2,3)18-10(17)8-15-11(13)16-9-6-4-5-7-14-9/h4-7H,8H2,1-3H3,(H3,13,14,15,16). The van der Waals surface area contributed by atoms with E-state index in [2.05, 4.69) is 15.3 Å². The van der Waals surface area contributed by atoms with E-state index in [4.69, 9.17) is 10.5 Å². The van der Waals surface area contributed by atoms with Crippen LogP contribution in [0, 0.1) is 0 Å². The van der Waals surface area contributed by atoms with Gasteiger partial charge in [-0.15, -0.1) is 0 Å². The number of rotatable bonds is 3. The summed E-state index contributed by atoms with van der Waals surface area (Å²) < 4.78 is 5.09. The summed E-state index contributed by atoms with van der Waals surface area (Å²) in [5, 5.41) is 2.77. The molecule has 1 aromatic rings. The molecule has 1 aromatic heterocycles. The number of carbonyl (C=O) groups is 1. The average molecular weight is 250 g/mol. The first-order valence-corrected chi connectivity index (χ1v) is 5.56. The molecule has 18 heavy (non-hydrogen) atoms. The second-order valence-corrected chi connectivity index (χ2v) is 4.63. The zero-order valence-corrected chi connectivity index (χ0v) is 10.8. The fourth-order valence-electron chi connectivity index (χ4n) is 1.13. The smallest absolute Gasteiger partial charge is 0.328 e. The van der Waals surface area contributed by atoms with Gasteiger partial charge in [-0.1, -0.05) is 6.07 Å². The molecular weight excluding hydrogens is 232 g/mol. The molecule has 1 rings (SSSR count). The number of nitrogens with zero attached hydrogens (tertiary/aromatic N) is 2. The summed E-state index contributed by atoms with van der Waals surface area (Å²) >= 11 is 0. The summed E-state index contributed by atoms with van der Waals surface area (Å²) in [5.41, 5.74) is 5.09. The van der Waals surface area contributed by atoms with Crippen LogP contribution in [0.1, 0.15) is 20.8 Å². The largest absolute Gasteiger partial charge is 0.459 e. The van der Waals surface area contributed by atoms with E-state index in [-0.39, 0.29) is 12.5 Å². The second kappa shape index (κ2) is 6.00. The predicted molar refractivity (Wildman–Crippen MR) is 70.2 cm³/mol. The van der Waals surface area contributed by atoms with E-state index in [0.717, 1.165) is 0 Å². The number of aromatic nitrogens is 1. The summed E-state index contributed by atoms with van der Waals surface area (Å²) in [7, 11) is 0. The molecule has 6 heteroatoms. The fraction of sp³-hybridized carbons (Fsp3) is 0.417. The molecule has 0 bridgehead atoms. The molecule has 0 saturated heterocycles. The first-order valence-electron chi connectivity index (χ1n) is 5.56. The number of anilines is 1. The zero-order chi connectivity index (χ0) is 13.6. The van der Waals surface area contributed by atoms with Crippen molar-refractivity contribution in [3.63, 3.8) is 0 Å².